The number of nitroso groups, excluding NO2 is 1. The minimum atomic E-state index is 0.0361. The number of halogens is 1. The standard InChI is InChI=1S/C10H12BrNO/c11-9-7-4-8(10(9)12-13)6-3-1-2-5(6)7/h1,3,5-10H,2,4H2. The highest BCUT2D eigenvalue weighted by Crippen LogP contribution is 2.59. The van der Waals surface area contributed by atoms with Gasteiger partial charge < -0.3 is 0 Å². The van der Waals surface area contributed by atoms with Gasteiger partial charge in [-0.25, -0.2) is 0 Å². The van der Waals surface area contributed by atoms with Crippen LogP contribution in [0.1, 0.15) is 12.8 Å². The smallest absolute Gasteiger partial charge is 0.108 e. The lowest BCUT2D eigenvalue weighted by Gasteiger charge is -2.31. The van der Waals surface area contributed by atoms with E-state index in [1.807, 2.05) is 0 Å². The molecule has 0 saturated heterocycles. The second kappa shape index (κ2) is 2.66. The van der Waals surface area contributed by atoms with Gasteiger partial charge in [0, 0.05) is 4.83 Å². The van der Waals surface area contributed by atoms with Gasteiger partial charge in [0.2, 0.25) is 0 Å². The van der Waals surface area contributed by atoms with E-state index in [2.05, 4.69) is 33.3 Å². The number of hydrogen-bond acceptors (Lipinski definition) is 2. The Labute approximate surface area is 85.9 Å². The summed E-state index contributed by atoms with van der Waals surface area (Å²) in [6.45, 7) is 0. The lowest BCUT2D eigenvalue weighted by atomic mass is 9.79. The summed E-state index contributed by atoms with van der Waals surface area (Å²) in [6, 6.07) is 0.0361. The van der Waals surface area contributed by atoms with Crippen molar-refractivity contribution in [1.82, 2.24) is 0 Å². The Morgan fingerprint density at radius 1 is 1.31 bits per heavy atom. The number of allylic oxidation sites excluding steroid dienone is 2. The van der Waals surface area contributed by atoms with Crippen LogP contribution in [-0.2, 0) is 0 Å². The van der Waals surface area contributed by atoms with E-state index in [9.17, 15) is 4.91 Å². The first kappa shape index (κ1) is 8.16. The molecule has 2 bridgehead atoms. The Bertz CT molecular complexity index is 276. The Balaban J connectivity index is 1.94. The zero-order valence-corrected chi connectivity index (χ0v) is 8.85. The third-order valence-corrected chi connectivity index (χ3v) is 5.37. The van der Waals surface area contributed by atoms with Crippen molar-refractivity contribution >= 4 is 15.9 Å². The molecule has 0 radical (unpaired) electrons. The molecule has 2 saturated carbocycles. The fourth-order valence-electron chi connectivity index (χ4n) is 3.62. The Morgan fingerprint density at radius 2 is 2.15 bits per heavy atom. The molecule has 0 aromatic carbocycles. The average Bonchev–Trinajstić information content (AvgIpc) is 2.71. The highest BCUT2D eigenvalue weighted by Gasteiger charge is 2.57. The van der Waals surface area contributed by atoms with Crippen LogP contribution in [-0.4, -0.2) is 10.9 Å². The molecule has 6 atom stereocenters. The quantitative estimate of drug-likeness (QED) is 0.395. The minimum Gasteiger partial charge on any atom is -0.150 e. The van der Waals surface area contributed by atoms with Crippen molar-refractivity contribution in [2.75, 3.05) is 0 Å². The number of nitrogens with zero attached hydrogens (tertiary/aromatic N) is 1. The molecule has 3 aliphatic carbocycles. The number of alkyl halides is 1. The van der Waals surface area contributed by atoms with Crippen LogP contribution in [0.5, 0.6) is 0 Å². The number of rotatable bonds is 1. The molecule has 0 spiro atoms. The third kappa shape index (κ3) is 0.888. The molecule has 0 amide bonds. The average molecular weight is 242 g/mol. The van der Waals surface area contributed by atoms with Crippen molar-refractivity contribution in [3.05, 3.63) is 17.1 Å². The van der Waals surface area contributed by atoms with E-state index in [-0.39, 0.29) is 6.04 Å². The van der Waals surface area contributed by atoms with Crippen LogP contribution < -0.4 is 0 Å². The summed E-state index contributed by atoms with van der Waals surface area (Å²) < 4.78 is 0. The second-order valence-electron chi connectivity index (χ2n) is 4.51. The Kier molecular flexibility index (Phi) is 1.67. The summed E-state index contributed by atoms with van der Waals surface area (Å²) in [7, 11) is 0. The SMILES string of the molecule is O=NC1C(Br)C2CC1C1C=CCC12. The van der Waals surface area contributed by atoms with Crippen molar-refractivity contribution in [2.45, 2.75) is 23.7 Å². The maximum Gasteiger partial charge on any atom is 0.108 e. The van der Waals surface area contributed by atoms with Crippen LogP contribution in [0.15, 0.2) is 17.3 Å². The monoisotopic (exact) mass is 241 g/mol. The Morgan fingerprint density at radius 3 is 2.92 bits per heavy atom. The summed E-state index contributed by atoms with van der Waals surface area (Å²) in [4.78, 5) is 11.0. The molecule has 13 heavy (non-hydrogen) atoms. The molecule has 0 aromatic rings. The van der Waals surface area contributed by atoms with E-state index >= 15 is 0 Å². The maximum absolute atomic E-state index is 10.7. The number of hydrogen-bond donors (Lipinski definition) is 0. The van der Waals surface area contributed by atoms with Crippen LogP contribution in [0, 0.1) is 28.6 Å². The van der Waals surface area contributed by atoms with E-state index in [0.717, 1.165) is 5.92 Å². The van der Waals surface area contributed by atoms with Gasteiger partial charge in [-0.1, -0.05) is 33.3 Å². The second-order valence-corrected chi connectivity index (χ2v) is 5.57. The molecule has 0 heterocycles. The summed E-state index contributed by atoms with van der Waals surface area (Å²) in [5, 5.41) is 3.28. The molecule has 2 nitrogen and oxygen atoms in total. The highest BCUT2D eigenvalue weighted by atomic mass is 79.9. The van der Waals surface area contributed by atoms with Gasteiger partial charge >= 0.3 is 0 Å². The predicted molar refractivity (Wildman–Crippen MR) is 54.6 cm³/mol. The van der Waals surface area contributed by atoms with Crippen molar-refractivity contribution in [2.24, 2.45) is 28.8 Å². The van der Waals surface area contributed by atoms with E-state index in [0.29, 0.717) is 22.6 Å². The first-order chi connectivity index (χ1) is 6.33. The highest BCUT2D eigenvalue weighted by molar-refractivity contribution is 9.09. The molecule has 0 aromatic heterocycles. The fourth-order valence-corrected chi connectivity index (χ4v) is 4.71. The molecule has 2 fully saturated rings. The van der Waals surface area contributed by atoms with E-state index < -0.39 is 0 Å². The van der Waals surface area contributed by atoms with Gasteiger partial charge in [0.05, 0.1) is 0 Å². The van der Waals surface area contributed by atoms with Gasteiger partial charge in [-0.3, -0.25) is 0 Å². The first-order valence-corrected chi connectivity index (χ1v) is 5.87. The lowest BCUT2D eigenvalue weighted by Crippen LogP contribution is -2.35. The molecule has 3 rings (SSSR count). The zero-order chi connectivity index (χ0) is 9.00. The lowest BCUT2D eigenvalue weighted by molar-refractivity contribution is 0.269. The summed E-state index contributed by atoms with van der Waals surface area (Å²) in [5.41, 5.74) is 0. The maximum atomic E-state index is 10.7. The van der Waals surface area contributed by atoms with Crippen LogP contribution in [0.25, 0.3) is 0 Å². The minimum absolute atomic E-state index is 0.0361. The molecule has 3 heteroatoms. The summed E-state index contributed by atoms with van der Waals surface area (Å²) in [5.74, 6) is 2.72. The molecule has 70 valence electrons. The Hall–Kier alpha value is -0.180. The third-order valence-electron chi connectivity index (χ3n) is 4.15. The predicted octanol–water partition coefficient (Wildman–Crippen LogP) is 2.73. The first-order valence-electron chi connectivity index (χ1n) is 4.96. The van der Waals surface area contributed by atoms with Gasteiger partial charge in [-0.15, -0.1) is 0 Å². The molecule has 3 aliphatic rings. The molecule has 0 N–H and O–H groups in total. The van der Waals surface area contributed by atoms with Gasteiger partial charge in [0.1, 0.15) is 6.04 Å². The summed E-state index contributed by atoms with van der Waals surface area (Å²) >= 11 is 3.64. The van der Waals surface area contributed by atoms with Crippen LogP contribution in [0.4, 0.5) is 0 Å². The normalized spacial score (nSPS) is 57.0. The van der Waals surface area contributed by atoms with Gasteiger partial charge in [0.25, 0.3) is 0 Å². The molecule has 0 aliphatic heterocycles. The van der Waals surface area contributed by atoms with E-state index in [4.69, 9.17) is 0 Å². The van der Waals surface area contributed by atoms with Crippen LogP contribution in [0.3, 0.4) is 0 Å². The van der Waals surface area contributed by atoms with Gasteiger partial charge in [0.15, 0.2) is 0 Å². The van der Waals surface area contributed by atoms with E-state index in [1.165, 1.54) is 12.8 Å². The molecular formula is C10H12BrNO. The van der Waals surface area contributed by atoms with Crippen molar-refractivity contribution in [3.8, 4) is 0 Å². The number of fused-ring (bicyclic) bond motifs is 5. The largest absolute Gasteiger partial charge is 0.150 e. The van der Waals surface area contributed by atoms with Crippen molar-refractivity contribution < 1.29 is 0 Å². The van der Waals surface area contributed by atoms with Crippen molar-refractivity contribution in [1.29, 1.82) is 0 Å². The van der Waals surface area contributed by atoms with Gasteiger partial charge in [-0.2, -0.15) is 4.91 Å². The van der Waals surface area contributed by atoms with Crippen molar-refractivity contribution in [3.63, 3.8) is 0 Å². The van der Waals surface area contributed by atoms with Gasteiger partial charge in [-0.05, 0) is 36.5 Å². The summed E-state index contributed by atoms with van der Waals surface area (Å²) in [6.07, 6.45) is 7.03. The molecule has 6 unspecified atom stereocenters. The fraction of sp³-hybridized carbons (Fsp3) is 0.800. The topological polar surface area (TPSA) is 29.4 Å². The molecular weight excluding hydrogens is 230 g/mol. The van der Waals surface area contributed by atoms with E-state index in [1.54, 1.807) is 0 Å². The van der Waals surface area contributed by atoms with Crippen LogP contribution in [0.2, 0.25) is 0 Å². The zero-order valence-electron chi connectivity index (χ0n) is 7.27. The van der Waals surface area contributed by atoms with Crippen LogP contribution >= 0.6 is 15.9 Å².